The Morgan fingerprint density at radius 2 is 1.93 bits per heavy atom. The largest absolute Gasteiger partial charge is 0.465 e. The highest BCUT2D eigenvalue weighted by atomic mass is 16.6. The summed E-state index contributed by atoms with van der Waals surface area (Å²) < 4.78 is 12.6. The minimum Gasteiger partial charge on any atom is -0.465 e. The van der Waals surface area contributed by atoms with E-state index in [0.29, 0.717) is 37.8 Å². The number of ether oxygens (including phenoxy) is 2. The first-order chi connectivity index (χ1) is 19.2. The summed E-state index contributed by atoms with van der Waals surface area (Å²) >= 11 is 0. The predicted molar refractivity (Wildman–Crippen MR) is 152 cm³/mol. The number of rotatable bonds is 14. The number of aliphatic hydroxyl groups is 1. The maximum atomic E-state index is 14.5. The average molecular weight is 553 g/mol. The van der Waals surface area contributed by atoms with E-state index in [-0.39, 0.29) is 31.1 Å². The Kier molecular flexibility index (Phi) is 9.20. The van der Waals surface area contributed by atoms with Gasteiger partial charge in [0, 0.05) is 12.6 Å². The third kappa shape index (κ3) is 4.90. The summed E-state index contributed by atoms with van der Waals surface area (Å²) in [6, 6.07) is 7.30. The van der Waals surface area contributed by atoms with Crippen LogP contribution >= 0.6 is 0 Å². The summed E-state index contributed by atoms with van der Waals surface area (Å²) in [5, 5.41) is 10.6. The van der Waals surface area contributed by atoms with Crippen LogP contribution < -0.4 is 0 Å². The molecule has 2 unspecified atom stereocenters. The number of amides is 2. The molecule has 6 atom stereocenters. The standard InChI is InChI=1S/C32H44N2O6/c1-6-9-10-14-20-39-30(38)26-25-28(36)34(24(21-35)23-15-12-11-13-16-23)27(29(37)33(19-7-2)22(4)5)32(25)18-17-31(26,8-3)40-32/h6-7,11-13,15-16,22,24-27,35H,1-2,8-10,14,17-21H2,3-5H3/t24-,25+,26+,27?,31-,32?/m1/s1. The molecule has 1 aromatic rings. The van der Waals surface area contributed by atoms with Crippen LogP contribution in [0.1, 0.15) is 70.9 Å². The molecule has 8 nitrogen and oxygen atoms in total. The second-order valence-corrected chi connectivity index (χ2v) is 11.5. The molecular weight excluding hydrogens is 508 g/mol. The van der Waals surface area contributed by atoms with Crippen molar-refractivity contribution in [3.8, 4) is 0 Å². The first-order valence-corrected chi connectivity index (χ1v) is 14.6. The van der Waals surface area contributed by atoms with Gasteiger partial charge in [0.1, 0.15) is 17.6 Å². The van der Waals surface area contributed by atoms with E-state index in [0.717, 1.165) is 12.8 Å². The molecule has 0 radical (unpaired) electrons. The molecule has 0 saturated carbocycles. The van der Waals surface area contributed by atoms with Crippen LogP contribution in [0.15, 0.2) is 55.6 Å². The van der Waals surface area contributed by atoms with Crippen molar-refractivity contribution in [3.63, 3.8) is 0 Å². The highest BCUT2D eigenvalue weighted by molar-refractivity contribution is 5.99. The number of fused-ring (bicyclic) bond motifs is 1. The fourth-order valence-corrected chi connectivity index (χ4v) is 7.16. The first-order valence-electron chi connectivity index (χ1n) is 14.6. The van der Waals surface area contributed by atoms with E-state index >= 15 is 0 Å². The number of nitrogens with zero attached hydrogens (tertiary/aromatic N) is 2. The Hall–Kier alpha value is -2.97. The van der Waals surface area contributed by atoms with Crippen LogP contribution in [0.4, 0.5) is 0 Å². The van der Waals surface area contributed by atoms with E-state index in [1.807, 2.05) is 57.2 Å². The topological polar surface area (TPSA) is 96.4 Å². The van der Waals surface area contributed by atoms with E-state index in [2.05, 4.69) is 13.2 Å². The number of hydrogen-bond donors (Lipinski definition) is 1. The average Bonchev–Trinajstić information content (AvgIpc) is 3.56. The molecule has 4 rings (SSSR count). The smallest absolute Gasteiger partial charge is 0.312 e. The number of carbonyl (C=O) groups excluding carboxylic acids is 3. The second-order valence-electron chi connectivity index (χ2n) is 11.5. The van der Waals surface area contributed by atoms with Gasteiger partial charge in [-0.1, -0.05) is 49.4 Å². The number of benzene rings is 1. The highest BCUT2D eigenvalue weighted by Crippen LogP contribution is 2.65. The third-order valence-electron chi connectivity index (χ3n) is 9.08. The maximum Gasteiger partial charge on any atom is 0.312 e. The molecule has 218 valence electrons. The molecule has 0 aliphatic carbocycles. The van der Waals surface area contributed by atoms with Gasteiger partial charge in [0.05, 0.1) is 30.8 Å². The predicted octanol–water partition coefficient (Wildman–Crippen LogP) is 4.20. The fraction of sp³-hybridized carbons (Fsp3) is 0.594. The van der Waals surface area contributed by atoms with Gasteiger partial charge in [-0.05, 0) is 57.9 Å². The number of allylic oxidation sites excluding steroid dienone is 1. The molecule has 1 spiro atoms. The Morgan fingerprint density at radius 3 is 2.52 bits per heavy atom. The Labute approximate surface area is 238 Å². The highest BCUT2D eigenvalue weighted by Gasteiger charge is 2.79. The van der Waals surface area contributed by atoms with Crippen molar-refractivity contribution in [1.29, 1.82) is 0 Å². The Morgan fingerprint density at radius 1 is 1.20 bits per heavy atom. The third-order valence-corrected chi connectivity index (χ3v) is 9.08. The number of carbonyl (C=O) groups is 3. The first kappa shape index (κ1) is 30.0. The van der Waals surface area contributed by atoms with Gasteiger partial charge in [-0.3, -0.25) is 14.4 Å². The lowest BCUT2D eigenvalue weighted by Gasteiger charge is -2.40. The molecule has 2 amide bonds. The van der Waals surface area contributed by atoms with Crippen molar-refractivity contribution in [1.82, 2.24) is 9.80 Å². The molecule has 8 heteroatoms. The summed E-state index contributed by atoms with van der Waals surface area (Å²) in [5.74, 6) is -2.73. The number of hydrogen-bond acceptors (Lipinski definition) is 6. The molecular formula is C32H44N2O6. The maximum absolute atomic E-state index is 14.5. The van der Waals surface area contributed by atoms with Gasteiger partial charge in [0.15, 0.2) is 0 Å². The van der Waals surface area contributed by atoms with Crippen molar-refractivity contribution >= 4 is 17.8 Å². The van der Waals surface area contributed by atoms with Crippen LogP contribution in [0.5, 0.6) is 0 Å². The zero-order valence-electron chi connectivity index (χ0n) is 24.1. The van der Waals surface area contributed by atoms with Crippen LogP contribution in [0.2, 0.25) is 0 Å². The van der Waals surface area contributed by atoms with Crippen LogP contribution in [0.3, 0.4) is 0 Å². The summed E-state index contributed by atoms with van der Waals surface area (Å²) in [7, 11) is 0. The minimum atomic E-state index is -1.19. The van der Waals surface area contributed by atoms with Crippen LogP contribution in [0, 0.1) is 11.8 Å². The van der Waals surface area contributed by atoms with Crippen molar-refractivity contribution in [2.45, 2.75) is 88.6 Å². The van der Waals surface area contributed by atoms with Gasteiger partial charge >= 0.3 is 5.97 Å². The van der Waals surface area contributed by atoms with Gasteiger partial charge in [-0.25, -0.2) is 0 Å². The van der Waals surface area contributed by atoms with Crippen molar-refractivity contribution in [2.24, 2.45) is 11.8 Å². The molecule has 2 bridgehead atoms. The molecule has 40 heavy (non-hydrogen) atoms. The van der Waals surface area contributed by atoms with Gasteiger partial charge in [-0.15, -0.1) is 13.2 Å². The molecule has 0 aromatic heterocycles. The Bertz CT molecular complexity index is 1110. The van der Waals surface area contributed by atoms with E-state index in [1.165, 1.54) is 4.90 Å². The van der Waals surface area contributed by atoms with E-state index < -0.39 is 41.1 Å². The summed E-state index contributed by atoms with van der Waals surface area (Å²) in [5.41, 5.74) is -1.34. The molecule has 3 heterocycles. The minimum absolute atomic E-state index is 0.155. The number of unbranched alkanes of at least 4 members (excludes halogenated alkanes) is 2. The lowest BCUT2D eigenvalue weighted by Crippen LogP contribution is -2.58. The summed E-state index contributed by atoms with van der Waals surface area (Å²) in [4.78, 5) is 45.9. The molecule has 3 saturated heterocycles. The van der Waals surface area contributed by atoms with E-state index in [1.54, 1.807) is 11.0 Å². The van der Waals surface area contributed by atoms with Gasteiger partial charge in [-0.2, -0.15) is 0 Å². The van der Waals surface area contributed by atoms with Crippen LogP contribution in [0.25, 0.3) is 0 Å². The SMILES string of the molecule is C=CCCCCOC(=O)[C@@H]1[C@H]2C(=O)N([C@H](CO)c3ccccc3)C(C(=O)N(CC=C)C(C)C)C23CC[C@@]1(CC)O3. The lowest BCUT2D eigenvalue weighted by atomic mass is 9.65. The number of esters is 1. The summed E-state index contributed by atoms with van der Waals surface area (Å²) in [6.45, 7) is 13.6. The van der Waals surface area contributed by atoms with Crippen LogP contribution in [-0.2, 0) is 23.9 Å². The second kappa shape index (κ2) is 12.3. The zero-order valence-corrected chi connectivity index (χ0v) is 24.1. The van der Waals surface area contributed by atoms with Crippen molar-refractivity contribution in [2.75, 3.05) is 19.8 Å². The van der Waals surface area contributed by atoms with Crippen LogP contribution in [-0.4, -0.2) is 75.7 Å². The van der Waals surface area contributed by atoms with Crippen molar-refractivity contribution < 1.29 is 29.0 Å². The molecule has 3 aliphatic rings. The van der Waals surface area contributed by atoms with Gasteiger partial charge in [0.2, 0.25) is 11.8 Å². The van der Waals surface area contributed by atoms with E-state index in [9.17, 15) is 19.5 Å². The zero-order chi connectivity index (χ0) is 29.1. The van der Waals surface area contributed by atoms with Crippen molar-refractivity contribution in [3.05, 3.63) is 61.2 Å². The fourth-order valence-electron chi connectivity index (χ4n) is 7.16. The molecule has 3 fully saturated rings. The molecule has 3 aliphatic heterocycles. The number of likely N-dealkylation sites (tertiary alicyclic amines) is 1. The number of aliphatic hydroxyl groups excluding tert-OH is 1. The molecule has 1 aromatic carbocycles. The van der Waals surface area contributed by atoms with Gasteiger partial charge in [0.25, 0.3) is 0 Å². The molecule has 1 N–H and O–H groups in total. The lowest BCUT2D eigenvalue weighted by molar-refractivity contribution is -0.164. The Balaban J connectivity index is 1.79. The van der Waals surface area contributed by atoms with Gasteiger partial charge < -0.3 is 24.4 Å². The van der Waals surface area contributed by atoms with E-state index in [4.69, 9.17) is 9.47 Å². The monoisotopic (exact) mass is 552 g/mol. The quantitative estimate of drug-likeness (QED) is 0.211. The summed E-state index contributed by atoms with van der Waals surface area (Å²) in [6.07, 6.45) is 7.45. The normalized spacial score (nSPS) is 29.4.